The Bertz CT molecular complexity index is 333. The van der Waals surface area contributed by atoms with Gasteiger partial charge in [0.25, 0.3) is 0 Å². The molecule has 0 N–H and O–H groups in total. The molecule has 0 aliphatic rings. The van der Waals surface area contributed by atoms with Gasteiger partial charge in [-0.15, -0.1) is 0 Å². The van der Waals surface area contributed by atoms with Gasteiger partial charge in [-0.05, 0) is 39.7 Å². The molecule has 0 amide bonds. The van der Waals surface area contributed by atoms with Gasteiger partial charge in [-0.1, -0.05) is 17.2 Å². The Balaban J connectivity index is 3.83. The molecule has 16 heavy (non-hydrogen) atoms. The third kappa shape index (κ3) is 8.91. The summed E-state index contributed by atoms with van der Waals surface area (Å²) in [7, 11) is 0. The molecule has 0 aliphatic heterocycles. The summed E-state index contributed by atoms with van der Waals surface area (Å²) < 4.78 is 4.74. The van der Waals surface area contributed by atoms with Crippen molar-refractivity contribution in [1.29, 1.82) is 0 Å². The van der Waals surface area contributed by atoms with Crippen molar-refractivity contribution in [2.24, 2.45) is 0 Å². The van der Waals surface area contributed by atoms with E-state index in [0.29, 0.717) is 0 Å². The quantitative estimate of drug-likeness (QED) is 0.228. The highest BCUT2D eigenvalue weighted by molar-refractivity contribution is 6.20. The van der Waals surface area contributed by atoms with E-state index in [1.165, 1.54) is 11.1 Å². The lowest BCUT2D eigenvalue weighted by Crippen LogP contribution is -2.06. The number of hydrogen-bond acceptors (Lipinski definition) is 2. The highest BCUT2D eigenvalue weighted by atomic mass is 16.5. The average Bonchev–Trinajstić information content (AvgIpc) is 2.17. The Morgan fingerprint density at radius 3 is 2.56 bits per heavy atom. The summed E-state index contributed by atoms with van der Waals surface area (Å²) in [5.41, 5.74) is 10.5. The van der Waals surface area contributed by atoms with Crippen LogP contribution in [-0.2, 0) is 9.53 Å². The fraction of sp³-hybridized carbons (Fsp3) is 0.500. The minimum absolute atomic E-state index is 0.214. The number of esters is 1. The van der Waals surface area contributed by atoms with Crippen molar-refractivity contribution < 1.29 is 14.3 Å². The van der Waals surface area contributed by atoms with Crippen molar-refractivity contribution in [1.82, 2.24) is 0 Å². The van der Waals surface area contributed by atoms with E-state index in [2.05, 4.69) is 24.7 Å². The topological polar surface area (TPSA) is 62.7 Å². The molecule has 0 heterocycles. The molecule has 88 valence electrons. The summed E-state index contributed by atoms with van der Waals surface area (Å²) in [6.07, 6.45) is 6.70. The SMILES string of the molecule is CC(C)=CCCC(C)=CCOC(=O)C=[N+]=[N-]. The molecule has 0 saturated heterocycles. The first-order chi connectivity index (χ1) is 7.56. The fourth-order valence-corrected chi connectivity index (χ4v) is 1.04. The summed E-state index contributed by atoms with van der Waals surface area (Å²) in [6.45, 7) is 6.34. The number of carbonyl (C=O) groups excluding carboxylic acids is 1. The maximum atomic E-state index is 10.8. The molecular weight excluding hydrogens is 204 g/mol. The summed E-state index contributed by atoms with van der Waals surface area (Å²) in [5, 5.41) is 0. The van der Waals surface area contributed by atoms with Crippen LogP contribution in [0.2, 0.25) is 0 Å². The Kier molecular flexibility index (Phi) is 7.72. The highest BCUT2D eigenvalue weighted by Gasteiger charge is 2.00. The maximum absolute atomic E-state index is 10.8. The van der Waals surface area contributed by atoms with Gasteiger partial charge in [0.1, 0.15) is 6.61 Å². The lowest BCUT2D eigenvalue weighted by Gasteiger charge is -1.99. The van der Waals surface area contributed by atoms with Crippen molar-refractivity contribution in [3.63, 3.8) is 0 Å². The van der Waals surface area contributed by atoms with Gasteiger partial charge >= 0.3 is 12.2 Å². The number of ether oxygens (including phenoxy) is 1. The Labute approximate surface area is 96.2 Å². The van der Waals surface area contributed by atoms with Crippen LogP contribution < -0.4 is 0 Å². The van der Waals surface area contributed by atoms with Gasteiger partial charge in [0.15, 0.2) is 0 Å². The van der Waals surface area contributed by atoms with Gasteiger partial charge in [0, 0.05) is 0 Å². The molecule has 4 heteroatoms. The molecule has 0 saturated carbocycles. The minimum Gasteiger partial charge on any atom is -0.453 e. The van der Waals surface area contributed by atoms with Gasteiger partial charge in [0.05, 0.1) is 0 Å². The molecule has 0 spiro atoms. The Morgan fingerprint density at radius 2 is 2.00 bits per heavy atom. The van der Waals surface area contributed by atoms with E-state index in [0.717, 1.165) is 19.1 Å². The zero-order chi connectivity index (χ0) is 12.4. The van der Waals surface area contributed by atoms with E-state index >= 15 is 0 Å². The van der Waals surface area contributed by atoms with Crippen LogP contribution in [0.3, 0.4) is 0 Å². The van der Waals surface area contributed by atoms with Crippen LogP contribution in [0.15, 0.2) is 23.3 Å². The van der Waals surface area contributed by atoms with Gasteiger partial charge in [-0.3, -0.25) is 0 Å². The van der Waals surface area contributed by atoms with E-state index in [4.69, 9.17) is 10.3 Å². The predicted molar refractivity (Wildman–Crippen MR) is 63.1 cm³/mol. The molecule has 0 unspecified atom stereocenters. The zero-order valence-corrected chi connectivity index (χ0v) is 10.1. The van der Waals surface area contributed by atoms with E-state index in [9.17, 15) is 4.79 Å². The van der Waals surface area contributed by atoms with Crippen LogP contribution in [0.25, 0.3) is 5.53 Å². The van der Waals surface area contributed by atoms with Crippen LogP contribution >= 0.6 is 0 Å². The van der Waals surface area contributed by atoms with Crippen LogP contribution in [0.4, 0.5) is 0 Å². The zero-order valence-electron chi connectivity index (χ0n) is 10.1. The molecule has 0 radical (unpaired) electrons. The number of carbonyl (C=O) groups is 1. The summed E-state index contributed by atoms with van der Waals surface area (Å²) in [5.74, 6) is -0.643. The van der Waals surface area contributed by atoms with Gasteiger partial charge in [-0.25, -0.2) is 4.79 Å². The average molecular weight is 222 g/mol. The summed E-state index contributed by atoms with van der Waals surface area (Å²) in [4.78, 5) is 13.3. The second kappa shape index (κ2) is 8.62. The lowest BCUT2D eigenvalue weighted by molar-refractivity contribution is -0.137. The molecule has 0 bridgehead atoms. The second-order valence-corrected chi connectivity index (χ2v) is 3.75. The van der Waals surface area contributed by atoms with E-state index in [1.807, 2.05) is 13.0 Å². The minimum atomic E-state index is -0.643. The smallest absolute Gasteiger partial charge is 0.413 e. The number of hydrogen-bond donors (Lipinski definition) is 0. The fourth-order valence-electron chi connectivity index (χ4n) is 1.04. The molecule has 0 rings (SSSR count). The highest BCUT2D eigenvalue weighted by Crippen LogP contribution is 2.06. The van der Waals surface area contributed by atoms with Crippen molar-refractivity contribution >= 4 is 12.2 Å². The van der Waals surface area contributed by atoms with E-state index in [1.54, 1.807) is 0 Å². The Morgan fingerprint density at radius 1 is 1.31 bits per heavy atom. The number of allylic oxidation sites excluding steroid dienone is 3. The van der Waals surface area contributed by atoms with Crippen LogP contribution in [0.1, 0.15) is 33.6 Å². The molecule has 0 aromatic heterocycles. The Hall–Kier alpha value is -1.67. The maximum Gasteiger partial charge on any atom is 0.413 e. The van der Waals surface area contributed by atoms with Crippen molar-refractivity contribution in [2.75, 3.05) is 6.61 Å². The lowest BCUT2D eigenvalue weighted by atomic mass is 10.1. The molecule has 0 aliphatic carbocycles. The molecule has 0 aromatic rings. The second-order valence-electron chi connectivity index (χ2n) is 3.75. The third-order valence-corrected chi connectivity index (χ3v) is 1.91. The first-order valence-corrected chi connectivity index (χ1v) is 5.19. The normalized spacial score (nSPS) is 10.3. The number of nitrogens with zero attached hydrogens (tertiary/aromatic N) is 2. The largest absolute Gasteiger partial charge is 0.453 e. The van der Waals surface area contributed by atoms with Gasteiger partial charge in [0.2, 0.25) is 0 Å². The standard InChI is InChI=1S/C12H18N2O2/c1-10(2)5-4-6-11(3)7-8-16-12(15)9-14-13/h5,7,9H,4,6,8H2,1-3H3. The van der Waals surface area contributed by atoms with Crippen LogP contribution in [-0.4, -0.2) is 23.6 Å². The number of rotatable bonds is 6. The van der Waals surface area contributed by atoms with Crippen LogP contribution in [0, 0.1) is 0 Å². The van der Waals surface area contributed by atoms with Crippen molar-refractivity contribution in [2.45, 2.75) is 33.6 Å². The molecule has 0 fully saturated rings. The summed E-state index contributed by atoms with van der Waals surface area (Å²) in [6, 6.07) is 0. The molecule has 0 atom stereocenters. The first kappa shape index (κ1) is 14.3. The van der Waals surface area contributed by atoms with E-state index < -0.39 is 5.97 Å². The van der Waals surface area contributed by atoms with Crippen LogP contribution in [0.5, 0.6) is 0 Å². The first-order valence-electron chi connectivity index (χ1n) is 5.19. The summed E-state index contributed by atoms with van der Waals surface area (Å²) >= 11 is 0. The molecule has 4 nitrogen and oxygen atoms in total. The van der Waals surface area contributed by atoms with Gasteiger partial charge < -0.3 is 10.3 Å². The third-order valence-electron chi connectivity index (χ3n) is 1.91. The van der Waals surface area contributed by atoms with Crippen molar-refractivity contribution in [3.05, 3.63) is 28.8 Å². The monoisotopic (exact) mass is 222 g/mol. The predicted octanol–water partition coefficient (Wildman–Crippen LogP) is 2.52. The van der Waals surface area contributed by atoms with Crippen molar-refractivity contribution in [3.8, 4) is 0 Å². The van der Waals surface area contributed by atoms with Gasteiger partial charge in [-0.2, -0.15) is 4.79 Å². The molecular formula is C12H18N2O2. The molecule has 0 aromatic carbocycles. The van der Waals surface area contributed by atoms with E-state index in [-0.39, 0.29) is 6.61 Å².